The minimum absolute atomic E-state index is 0.513. The normalized spacial score (nSPS) is 12.7. The van der Waals surface area contributed by atoms with Gasteiger partial charge in [0.25, 0.3) is 0 Å². The number of hydrogen-bond acceptors (Lipinski definition) is 2. The maximum absolute atomic E-state index is 10.2. The summed E-state index contributed by atoms with van der Waals surface area (Å²) in [5.41, 5.74) is 2.16. The van der Waals surface area contributed by atoms with Crippen LogP contribution >= 0.6 is 45.5 Å². The van der Waals surface area contributed by atoms with E-state index in [1.807, 2.05) is 36.6 Å². The Morgan fingerprint density at radius 1 is 1.35 bits per heavy atom. The molecule has 0 radical (unpaired) electrons. The fourth-order valence-electron chi connectivity index (χ4n) is 1.61. The third kappa shape index (κ3) is 3.22. The summed E-state index contributed by atoms with van der Waals surface area (Å²) in [4.78, 5) is 0.864. The Bertz CT molecular complexity index is 507. The average molecular weight is 379 g/mol. The number of benzene rings is 1. The molecule has 1 N–H and O–H groups in total. The largest absolute Gasteiger partial charge is 0.387 e. The molecule has 0 amide bonds. The van der Waals surface area contributed by atoms with Gasteiger partial charge in [-0.05, 0) is 58.2 Å². The van der Waals surface area contributed by atoms with Crippen molar-refractivity contribution in [3.05, 3.63) is 54.2 Å². The molecule has 0 saturated carbocycles. The van der Waals surface area contributed by atoms with Gasteiger partial charge in [-0.15, -0.1) is 11.3 Å². The molecule has 1 aromatic carbocycles. The van der Waals surface area contributed by atoms with E-state index in [-0.39, 0.29) is 0 Å². The molecular weight excluding hydrogens is 367 g/mol. The molecule has 0 saturated heterocycles. The Morgan fingerprint density at radius 3 is 2.53 bits per heavy atom. The van der Waals surface area contributed by atoms with Crippen molar-refractivity contribution >= 4 is 45.5 Å². The second-order valence-electron chi connectivity index (χ2n) is 3.94. The Labute approximate surface area is 124 Å². The molecule has 4 heteroatoms. The summed E-state index contributed by atoms with van der Waals surface area (Å²) in [5.74, 6) is 0. The van der Waals surface area contributed by atoms with Crippen LogP contribution in [0.2, 0.25) is 5.02 Å². The third-order valence-corrected chi connectivity index (χ3v) is 5.10. The highest BCUT2D eigenvalue weighted by Crippen LogP contribution is 2.33. The predicted octanol–water partition coefficient (Wildman–Crippen LogP) is 4.59. The minimum atomic E-state index is -0.513. The molecule has 17 heavy (non-hydrogen) atoms. The molecule has 1 atom stereocenters. The zero-order chi connectivity index (χ0) is 12.4. The molecule has 1 unspecified atom stereocenters. The van der Waals surface area contributed by atoms with E-state index in [0.29, 0.717) is 11.4 Å². The van der Waals surface area contributed by atoms with Crippen LogP contribution in [0.5, 0.6) is 0 Å². The van der Waals surface area contributed by atoms with Crippen molar-refractivity contribution in [2.24, 2.45) is 0 Å². The summed E-state index contributed by atoms with van der Waals surface area (Å²) in [6.45, 7) is 1.96. The van der Waals surface area contributed by atoms with Gasteiger partial charge in [-0.25, -0.2) is 0 Å². The van der Waals surface area contributed by atoms with Crippen LogP contribution in [0.25, 0.3) is 0 Å². The van der Waals surface area contributed by atoms with E-state index >= 15 is 0 Å². The number of hydrogen-bond donors (Lipinski definition) is 1. The second-order valence-corrected chi connectivity index (χ2v) is 6.48. The monoisotopic (exact) mass is 378 g/mol. The Balaban J connectivity index is 2.14. The topological polar surface area (TPSA) is 20.2 Å². The van der Waals surface area contributed by atoms with Crippen LogP contribution in [0.15, 0.2) is 29.6 Å². The molecule has 0 aliphatic heterocycles. The van der Waals surface area contributed by atoms with Gasteiger partial charge >= 0.3 is 0 Å². The molecule has 0 fully saturated rings. The summed E-state index contributed by atoms with van der Waals surface area (Å²) >= 11 is 9.94. The Kier molecular flexibility index (Phi) is 4.47. The molecule has 0 aliphatic rings. The first-order valence-electron chi connectivity index (χ1n) is 5.24. The first-order valence-corrected chi connectivity index (χ1v) is 7.57. The third-order valence-electron chi connectivity index (χ3n) is 2.57. The Morgan fingerprint density at radius 2 is 2.00 bits per heavy atom. The van der Waals surface area contributed by atoms with E-state index in [9.17, 15) is 5.11 Å². The Hall–Kier alpha value is -0.100. The number of thiophene rings is 1. The van der Waals surface area contributed by atoms with Crippen molar-refractivity contribution in [3.63, 3.8) is 0 Å². The summed E-state index contributed by atoms with van der Waals surface area (Å²) in [7, 11) is 0. The van der Waals surface area contributed by atoms with Crippen molar-refractivity contribution in [3.8, 4) is 0 Å². The number of aliphatic hydroxyl groups excluding tert-OH is 1. The van der Waals surface area contributed by atoms with Gasteiger partial charge in [0.15, 0.2) is 0 Å². The van der Waals surface area contributed by atoms with Gasteiger partial charge < -0.3 is 5.11 Å². The minimum Gasteiger partial charge on any atom is -0.387 e. The predicted molar refractivity (Wildman–Crippen MR) is 81.9 cm³/mol. The highest BCUT2D eigenvalue weighted by atomic mass is 127. The summed E-state index contributed by atoms with van der Waals surface area (Å²) in [6.07, 6.45) is 0.0950. The summed E-state index contributed by atoms with van der Waals surface area (Å²) in [5, 5.41) is 12.8. The summed E-state index contributed by atoms with van der Waals surface area (Å²) in [6, 6.07) is 8.17. The number of aliphatic hydroxyl groups is 1. The van der Waals surface area contributed by atoms with Gasteiger partial charge in [-0.1, -0.05) is 23.7 Å². The maximum Gasteiger partial charge on any atom is 0.0937 e. The lowest BCUT2D eigenvalue weighted by Gasteiger charge is -2.09. The van der Waals surface area contributed by atoms with Crippen molar-refractivity contribution in [1.29, 1.82) is 0 Å². The number of halogens is 2. The quantitative estimate of drug-likeness (QED) is 0.775. The van der Waals surface area contributed by atoms with Crippen LogP contribution < -0.4 is 0 Å². The van der Waals surface area contributed by atoms with Crippen LogP contribution in [-0.4, -0.2) is 5.11 Å². The fraction of sp³-hybridized carbons (Fsp3) is 0.231. The maximum atomic E-state index is 10.2. The lowest BCUT2D eigenvalue weighted by atomic mass is 10.1. The molecular formula is C13H12ClIOS. The van der Waals surface area contributed by atoms with E-state index in [4.69, 9.17) is 11.6 Å². The zero-order valence-electron chi connectivity index (χ0n) is 9.28. The fourth-order valence-corrected chi connectivity index (χ4v) is 3.28. The van der Waals surface area contributed by atoms with Crippen molar-refractivity contribution < 1.29 is 5.11 Å². The van der Waals surface area contributed by atoms with Gasteiger partial charge in [0.2, 0.25) is 0 Å². The molecule has 1 aromatic heterocycles. The van der Waals surface area contributed by atoms with Gasteiger partial charge in [0, 0.05) is 9.99 Å². The van der Waals surface area contributed by atoms with Gasteiger partial charge in [0.05, 0.1) is 16.0 Å². The van der Waals surface area contributed by atoms with Gasteiger partial charge in [0.1, 0.15) is 0 Å². The number of aryl methyl sites for hydroxylation is 1. The first-order chi connectivity index (χ1) is 8.08. The highest BCUT2D eigenvalue weighted by molar-refractivity contribution is 14.1. The van der Waals surface area contributed by atoms with Crippen LogP contribution in [0.3, 0.4) is 0 Å². The molecule has 0 spiro atoms. The lowest BCUT2D eigenvalue weighted by Crippen LogP contribution is -2.00. The number of rotatable bonds is 3. The molecule has 0 aliphatic carbocycles. The van der Waals surface area contributed by atoms with Crippen molar-refractivity contribution in [2.45, 2.75) is 19.4 Å². The molecule has 2 aromatic rings. The van der Waals surface area contributed by atoms with Crippen LogP contribution in [0, 0.1) is 10.5 Å². The van der Waals surface area contributed by atoms with Crippen LogP contribution in [0.4, 0.5) is 0 Å². The molecule has 0 bridgehead atoms. The molecule has 2 rings (SSSR count). The second kappa shape index (κ2) is 5.69. The van der Waals surface area contributed by atoms with E-state index in [2.05, 4.69) is 22.6 Å². The van der Waals surface area contributed by atoms with Gasteiger partial charge in [-0.3, -0.25) is 0 Å². The van der Waals surface area contributed by atoms with E-state index in [1.165, 1.54) is 14.9 Å². The van der Waals surface area contributed by atoms with E-state index in [1.54, 1.807) is 0 Å². The average Bonchev–Trinajstić information content (AvgIpc) is 2.63. The molecule has 1 heterocycles. The molecule has 1 nitrogen and oxygen atoms in total. The van der Waals surface area contributed by atoms with E-state index in [0.717, 1.165) is 16.0 Å². The van der Waals surface area contributed by atoms with Gasteiger partial charge in [-0.2, -0.15) is 0 Å². The van der Waals surface area contributed by atoms with Crippen LogP contribution in [0.1, 0.15) is 22.1 Å². The lowest BCUT2D eigenvalue weighted by molar-refractivity contribution is 0.182. The van der Waals surface area contributed by atoms with Crippen molar-refractivity contribution in [2.75, 3.05) is 0 Å². The SMILES string of the molecule is Cc1csc(C(O)Cc2ccc(I)cc2)c1Cl. The zero-order valence-corrected chi connectivity index (χ0v) is 13.0. The molecule has 90 valence electrons. The highest BCUT2D eigenvalue weighted by Gasteiger charge is 2.15. The standard InChI is InChI=1S/C13H12ClIOS/c1-8-7-17-13(12(8)14)11(16)6-9-2-4-10(15)5-3-9/h2-5,7,11,16H,6H2,1H3. The van der Waals surface area contributed by atoms with Crippen LogP contribution in [-0.2, 0) is 6.42 Å². The van der Waals surface area contributed by atoms with Crippen molar-refractivity contribution in [1.82, 2.24) is 0 Å². The first kappa shape index (κ1) is 13.3. The van der Waals surface area contributed by atoms with E-state index < -0.39 is 6.10 Å². The smallest absolute Gasteiger partial charge is 0.0937 e. The summed E-state index contributed by atoms with van der Waals surface area (Å²) < 4.78 is 1.20.